The molecule has 0 spiro atoms. The number of nitrogens with zero attached hydrogens (tertiary/aromatic N) is 1. The molecule has 2 aromatic rings. The molecule has 2 fully saturated rings. The summed E-state index contributed by atoms with van der Waals surface area (Å²) in [5, 5.41) is 23.8. The molecule has 3 aliphatic carbocycles. The van der Waals surface area contributed by atoms with Gasteiger partial charge >= 0.3 is 0 Å². The summed E-state index contributed by atoms with van der Waals surface area (Å²) in [6, 6.07) is 12.3. The second-order valence-corrected chi connectivity index (χ2v) is 12.9. The lowest BCUT2D eigenvalue weighted by Crippen LogP contribution is -2.51. The second-order valence-electron chi connectivity index (χ2n) is 12.9. The van der Waals surface area contributed by atoms with E-state index in [0.717, 1.165) is 49.7 Å². The Kier molecular flexibility index (Phi) is 9.23. The van der Waals surface area contributed by atoms with Gasteiger partial charge in [0.2, 0.25) is 5.91 Å². The lowest BCUT2D eigenvalue weighted by Gasteiger charge is -2.54. The van der Waals surface area contributed by atoms with Crippen LogP contribution in [0.1, 0.15) is 79.8 Å². The molecule has 0 radical (unpaired) electrons. The molecule has 3 aliphatic rings. The number of aromatic hydroxyl groups is 1. The number of alkyl halides is 1. The molecule has 0 saturated heterocycles. The molecule has 7 nitrogen and oxygen atoms in total. The molecule has 2 saturated carbocycles. The fourth-order valence-corrected chi connectivity index (χ4v) is 8.34. The molecular weight excluding hydrogens is 535 g/mol. The third-order valence-corrected chi connectivity index (χ3v) is 10.3. The molecule has 2 aromatic carbocycles. The highest BCUT2D eigenvalue weighted by Gasteiger charge is 2.59. The van der Waals surface area contributed by atoms with Gasteiger partial charge in [0.1, 0.15) is 11.9 Å². The Morgan fingerprint density at radius 3 is 2.60 bits per heavy atom. The second kappa shape index (κ2) is 12.7. The van der Waals surface area contributed by atoms with Crippen LogP contribution in [0.4, 0.5) is 10.1 Å². The number of nitrogens with one attached hydrogen (secondary N) is 1. The number of rotatable bonds is 10. The van der Waals surface area contributed by atoms with Crippen LogP contribution in [-0.4, -0.2) is 66.0 Å². The monoisotopic (exact) mass is 580 g/mol. The van der Waals surface area contributed by atoms with Gasteiger partial charge in [0.05, 0.1) is 12.7 Å². The molecule has 3 N–H and O–H groups in total. The van der Waals surface area contributed by atoms with Crippen molar-refractivity contribution in [3.63, 3.8) is 0 Å². The highest BCUT2D eigenvalue weighted by atomic mass is 19.1. The number of phenolic OH excluding ortho intramolecular Hbond substituents is 1. The Morgan fingerprint density at radius 2 is 1.88 bits per heavy atom. The standard InChI is InChI=1S/C34H45FN2O5/c1-21(38)36-25-9-7-22(8-10-25)33(41)37(16-17-42-3)15-5-4-6-23-18-24-19-26(39)11-12-27(24)32-29(35)20-34(2)28(31(23)32)13-14-30(34)40/h7-12,19,23,28-32,39-40H,4-6,13-18,20H2,1-3H3,(H,36,38)/t23?,28?,29-,30-,31?,32?,34?/m0/s1. The lowest BCUT2D eigenvalue weighted by atomic mass is 9.51. The average molecular weight is 581 g/mol. The van der Waals surface area contributed by atoms with Crippen molar-refractivity contribution < 1.29 is 28.9 Å². The molecule has 7 atom stereocenters. The topological polar surface area (TPSA) is 99.1 Å². The summed E-state index contributed by atoms with van der Waals surface area (Å²) in [5.74, 6) is 0.453. The third-order valence-electron chi connectivity index (χ3n) is 10.3. The van der Waals surface area contributed by atoms with E-state index in [2.05, 4.69) is 12.2 Å². The van der Waals surface area contributed by atoms with Crippen LogP contribution in [0.3, 0.4) is 0 Å². The number of aliphatic hydroxyl groups is 1. The molecule has 2 amide bonds. The summed E-state index contributed by atoms with van der Waals surface area (Å²) in [7, 11) is 1.62. The number of hydrogen-bond acceptors (Lipinski definition) is 5. The van der Waals surface area contributed by atoms with Gasteiger partial charge in [0.15, 0.2) is 0 Å². The zero-order valence-corrected chi connectivity index (χ0v) is 25.0. The van der Waals surface area contributed by atoms with E-state index in [1.165, 1.54) is 6.92 Å². The minimum absolute atomic E-state index is 0.0770. The largest absolute Gasteiger partial charge is 0.508 e. The molecule has 42 heavy (non-hydrogen) atoms. The molecule has 0 aromatic heterocycles. The van der Waals surface area contributed by atoms with Gasteiger partial charge in [-0.3, -0.25) is 9.59 Å². The predicted molar refractivity (Wildman–Crippen MR) is 160 cm³/mol. The minimum atomic E-state index is -1.02. The number of amides is 2. The number of aliphatic hydroxyl groups excluding tert-OH is 1. The maximum atomic E-state index is 16.0. The van der Waals surface area contributed by atoms with Crippen molar-refractivity contribution in [2.75, 3.05) is 32.1 Å². The van der Waals surface area contributed by atoms with E-state index < -0.39 is 17.7 Å². The van der Waals surface area contributed by atoms with E-state index >= 15 is 4.39 Å². The number of halogens is 1. The van der Waals surface area contributed by atoms with Crippen molar-refractivity contribution in [1.29, 1.82) is 0 Å². The van der Waals surface area contributed by atoms with Gasteiger partial charge in [-0.15, -0.1) is 0 Å². The first kappa shape index (κ1) is 30.5. The van der Waals surface area contributed by atoms with E-state index in [1.54, 1.807) is 37.4 Å². The molecule has 8 heteroatoms. The zero-order valence-electron chi connectivity index (χ0n) is 25.0. The zero-order chi connectivity index (χ0) is 30.0. The van der Waals surface area contributed by atoms with Crippen LogP contribution in [0.25, 0.3) is 0 Å². The van der Waals surface area contributed by atoms with Gasteiger partial charge in [-0.25, -0.2) is 4.39 Å². The van der Waals surface area contributed by atoms with Crippen LogP contribution in [-0.2, 0) is 16.0 Å². The van der Waals surface area contributed by atoms with Crippen molar-refractivity contribution in [3.05, 3.63) is 59.2 Å². The van der Waals surface area contributed by atoms with Crippen LogP contribution in [0.5, 0.6) is 5.75 Å². The number of unbranched alkanes of at least 4 members (excludes halogenated alkanes) is 1. The molecule has 5 unspecified atom stereocenters. The Bertz CT molecular complexity index is 1270. The minimum Gasteiger partial charge on any atom is -0.508 e. The Morgan fingerprint density at radius 1 is 1.12 bits per heavy atom. The van der Waals surface area contributed by atoms with Crippen molar-refractivity contribution in [2.45, 2.75) is 77.0 Å². The number of carbonyl (C=O) groups excluding carboxylic acids is 2. The predicted octanol–water partition coefficient (Wildman–Crippen LogP) is 5.70. The Labute approximate surface area is 248 Å². The fraction of sp³-hybridized carbons (Fsp3) is 0.588. The molecule has 0 bridgehead atoms. The first-order valence-electron chi connectivity index (χ1n) is 15.4. The third kappa shape index (κ3) is 6.06. The average Bonchev–Trinajstić information content (AvgIpc) is 3.25. The van der Waals surface area contributed by atoms with Gasteiger partial charge in [-0.05, 0) is 109 Å². The van der Waals surface area contributed by atoms with E-state index in [0.29, 0.717) is 37.4 Å². The van der Waals surface area contributed by atoms with E-state index in [1.807, 2.05) is 17.0 Å². The van der Waals surface area contributed by atoms with Crippen LogP contribution in [0, 0.1) is 23.2 Å². The van der Waals surface area contributed by atoms with Crippen LogP contribution in [0.15, 0.2) is 42.5 Å². The molecule has 228 valence electrons. The van der Waals surface area contributed by atoms with Gasteiger partial charge in [-0.1, -0.05) is 19.4 Å². The first-order valence-corrected chi connectivity index (χ1v) is 15.4. The lowest BCUT2D eigenvalue weighted by molar-refractivity contribution is -0.114. The number of fused-ring (bicyclic) bond motifs is 5. The summed E-state index contributed by atoms with van der Waals surface area (Å²) in [5.41, 5.74) is 2.89. The van der Waals surface area contributed by atoms with Crippen molar-refractivity contribution in [2.24, 2.45) is 23.2 Å². The normalized spacial score (nSPS) is 29.7. The highest BCUT2D eigenvalue weighted by molar-refractivity contribution is 5.95. The summed E-state index contributed by atoms with van der Waals surface area (Å²) < 4.78 is 21.3. The number of ether oxygens (including phenoxy) is 1. The Hall–Kier alpha value is -2.97. The van der Waals surface area contributed by atoms with Crippen LogP contribution < -0.4 is 5.32 Å². The number of carbonyl (C=O) groups is 2. The van der Waals surface area contributed by atoms with Gasteiger partial charge < -0.3 is 25.2 Å². The van der Waals surface area contributed by atoms with E-state index in [-0.39, 0.29) is 41.2 Å². The first-order chi connectivity index (χ1) is 20.1. The molecular formula is C34H45FN2O5. The molecule has 5 rings (SSSR count). The number of methoxy groups -OCH3 is 1. The quantitative estimate of drug-likeness (QED) is 0.313. The number of phenols is 1. The summed E-state index contributed by atoms with van der Waals surface area (Å²) in [6.07, 6.45) is 3.97. The fourth-order valence-electron chi connectivity index (χ4n) is 8.34. The van der Waals surface area contributed by atoms with Crippen molar-refractivity contribution >= 4 is 17.5 Å². The highest BCUT2D eigenvalue weighted by Crippen LogP contribution is 2.63. The summed E-state index contributed by atoms with van der Waals surface area (Å²) >= 11 is 0. The van der Waals surface area contributed by atoms with Crippen molar-refractivity contribution in [1.82, 2.24) is 4.90 Å². The van der Waals surface area contributed by atoms with Crippen molar-refractivity contribution in [3.8, 4) is 5.75 Å². The number of benzene rings is 2. The van der Waals surface area contributed by atoms with E-state index in [4.69, 9.17) is 4.74 Å². The smallest absolute Gasteiger partial charge is 0.253 e. The SMILES string of the molecule is COCCN(CCCCC1Cc2cc(O)ccc2C2C1C1CC[C@H](O)C1(C)C[C@@H]2F)C(=O)c1ccc(NC(C)=O)cc1. The summed E-state index contributed by atoms with van der Waals surface area (Å²) in [4.78, 5) is 26.5. The van der Waals surface area contributed by atoms with Crippen LogP contribution in [0.2, 0.25) is 0 Å². The van der Waals surface area contributed by atoms with E-state index in [9.17, 15) is 19.8 Å². The molecule has 0 heterocycles. The Balaban J connectivity index is 1.28. The van der Waals surface area contributed by atoms with Gasteiger partial charge in [0, 0.05) is 44.3 Å². The summed E-state index contributed by atoms with van der Waals surface area (Å²) in [6.45, 7) is 5.03. The van der Waals surface area contributed by atoms with Gasteiger partial charge in [-0.2, -0.15) is 0 Å². The van der Waals surface area contributed by atoms with Gasteiger partial charge in [0.25, 0.3) is 5.91 Å². The maximum Gasteiger partial charge on any atom is 0.253 e. The maximum absolute atomic E-state index is 16.0. The molecule has 0 aliphatic heterocycles. The van der Waals surface area contributed by atoms with Crippen LogP contribution >= 0.6 is 0 Å². The number of hydrogen-bond donors (Lipinski definition) is 3. The number of anilines is 1.